The fourth-order valence-electron chi connectivity index (χ4n) is 3.98. The van der Waals surface area contributed by atoms with Crippen LogP contribution in [-0.2, 0) is 0 Å². The van der Waals surface area contributed by atoms with Gasteiger partial charge in [-0.15, -0.1) is 11.3 Å². The number of hydrogen-bond acceptors (Lipinski definition) is 4. The number of hydrogen-bond donors (Lipinski definition) is 1. The number of allylic oxidation sites excluding steroid dienone is 4. The Labute approximate surface area is 188 Å². The number of nitrogens with one attached hydrogen (secondary N) is 1. The van der Waals surface area contributed by atoms with E-state index in [1.807, 2.05) is 12.1 Å². The molecule has 0 saturated heterocycles. The summed E-state index contributed by atoms with van der Waals surface area (Å²) in [5.41, 5.74) is 2.27. The molecule has 1 N–H and O–H groups in total. The third kappa shape index (κ3) is 3.34. The van der Waals surface area contributed by atoms with Crippen molar-refractivity contribution in [3.8, 4) is 0 Å². The molecule has 1 aromatic heterocycles. The smallest absolute Gasteiger partial charge is 0.117 e. The Bertz CT molecular complexity index is 1440. The average Bonchev–Trinajstić information content (AvgIpc) is 3.43. The van der Waals surface area contributed by atoms with Crippen molar-refractivity contribution in [2.45, 2.75) is 4.90 Å². The van der Waals surface area contributed by atoms with E-state index in [2.05, 4.69) is 101 Å². The van der Waals surface area contributed by atoms with Crippen molar-refractivity contribution in [1.29, 1.82) is 0 Å². The number of para-hydroxylation sites is 1. The van der Waals surface area contributed by atoms with E-state index in [1.54, 1.807) is 23.1 Å². The fraction of sp³-hybridized carbons (Fsp3) is 0. The van der Waals surface area contributed by atoms with Gasteiger partial charge in [-0.25, -0.2) is 4.98 Å². The number of rotatable bonds is 3. The van der Waals surface area contributed by atoms with Crippen molar-refractivity contribution < 1.29 is 0 Å². The van der Waals surface area contributed by atoms with E-state index in [-0.39, 0.29) is 0 Å². The molecule has 148 valence electrons. The number of thiazole rings is 1. The van der Waals surface area contributed by atoms with Gasteiger partial charge in [-0.1, -0.05) is 90.7 Å². The highest BCUT2D eigenvalue weighted by Crippen LogP contribution is 2.49. The summed E-state index contributed by atoms with van der Waals surface area (Å²) >= 11 is 3.51. The number of nitrogens with zero attached hydrogens (tertiary/aromatic N) is 1. The second-order valence-corrected chi connectivity index (χ2v) is 9.43. The van der Waals surface area contributed by atoms with Crippen LogP contribution in [0.1, 0.15) is 5.01 Å². The zero-order valence-corrected chi connectivity index (χ0v) is 18.2. The van der Waals surface area contributed by atoms with Crippen molar-refractivity contribution in [3.05, 3.63) is 107 Å². The van der Waals surface area contributed by atoms with Crippen LogP contribution in [0.3, 0.4) is 0 Å². The third-order valence-corrected chi connectivity index (χ3v) is 7.45. The quantitative estimate of drug-likeness (QED) is 0.229. The van der Waals surface area contributed by atoms with Gasteiger partial charge in [-0.2, -0.15) is 0 Å². The van der Waals surface area contributed by atoms with Crippen LogP contribution in [0.15, 0.2) is 107 Å². The maximum absolute atomic E-state index is 4.64. The lowest BCUT2D eigenvalue weighted by Crippen LogP contribution is -1.90. The predicted molar refractivity (Wildman–Crippen MR) is 137 cm³/mol. The molecule has 6 rings (SSSR count). The van der Waals surface area contributed by atoms with Gasteiger partial charge in [0, 0.05) is 10.3 Å². The first kappa shape index (κ1) is 18.4. The number of thioether (sulfide) groups is 1. The Kier molecular flexibility index (Phi) is 4.59. The van der Waals surface area contributed by atoms with E-state index in [0.717, 1.165) is 15.6 Å². The van der Waals surface area contributed by atoms with Gasteiger partial charge in [0.25, 0.3) is 0 Å². The van der Waals surface area contributed by atoms with Gasteiger partial charge in [-0.05, 0) is 40.4 Å². The molecular formula is C27H18N2S2. The van der Waals surface area contributed by atoms with Gasteiger partial charge < -0.3 is 5.32 Å². The van der Waals surface area contributed by atoms with E-state index < -0.39 is 0 Å². The molecule has 0 radical (unpaired) electrons. The average molecular weight is 435 g/mol. The first-order chi connectivity index (χ1) is 15.4. The van der Waals surface area contributed by atoms with Crippen LogP contribution >= 0.6 is 23.1 Å². The van der Waals surface area contributed by atoms with E-state index in [0.29, 0.717) is 0 Å². The molecule has 31 heavy (non-hydrogen) atoms. The maximum Gasteiger partial charge on any atom is 0.117 e. The summed E-state index contributed by atoms with van der Waals surface area (Å²) in [6, 6.07) is 25.5. The molecule has 0 atom stereocenters. The zero-order chi connectivity index (χ0) is 20.6. The SMILES string of the molecule is C(=CC=C1Nc2c(c3ccccc3c3ccccc23)S1)C=Cc1nc2ccccc2s1. The lowest BCUT2D eigenvalue weighted by molar-refractivity contribution is 1.46. The topological polar surface area (TPSA) is 24.9 Å². The van der Waals surface area contributed by atoms with E-state index in [4.69, 9.17) is 0 Å². The fourth-order valence-corrected chi connectivity index (χ4v) is 5.93. The summed E-state index contributed by atoms with van der Waals surface area (Å²) in [6.07, 6.45) is 10.4. The van der Waals surface area contributed by atoms with Crippen LogP contribution in [0.4, 0.5) is 5.69 Å². The summed E-state index contributed by atoms with van der Waals surface area (Å²) in [6.45, 7) is 0. The predicted octanol–water partition coefficient (Wildman–Crippen LogP) is 8.23. The summed E-state index contributed by atoms with van der Waals surface area (Å²) in [4.78, 5) is 5.94. The lowest BCUT2D eigenvalue weighted by Gasteiger charge is -2.09. The molecule has 1 aliphatic rings. The Balaban J connectivity index is 1.27. The number of anilines is 1. The van der Waals surface area contributed by atoms with Crippen LogP contribution in [0.2, 0.25) is 0 Å². The highest BCUT2D eigenvalue weighted by molar-refractivity contribution is 8.04. The summed E-state index contributed by atoms with van der Waals surface area (Å²) in [5.74, 6) is 0. The first-order valence-electron chi connectivity index (χ1n) is 10.2. The molecule has 5 aromatic rings. The molecule has 0 spiro atoms. The van der Waals surface area contributed by atoms with Crippen molar-refractivity contribution in [3.63, 3.8) is 0 Å². The Morgan fingerprint density at radius 3 is 2.26 bits per heavy atom. The van der Waals surface area contributed by atoms with E-state index in [1.165, 1.54) is 36.8 Å². The molecule has 0 aliphatic carbocycles. The van der Waals surface area contributed by atoms with Crippen LogP contribution < -0.4 is 5.32 Å². The molecule has 4 heteroatoms. The molecule has 2 heterocycles. The highest BCUT2D eigenvalue weighted by Gasteiger charge is 2.21. The van der Waals surface area contributed by atoms with Gasteiger partial charge in [0.1, 0.15) is 5.01 Å². The minimum absolute atomic E-state index is 1.03. The maximum atomic E-state index is 4.64. The van der Waals surface area contributed by atoms with Gasteiger partial charge in [0.05, 0.1) is 20.9 Å². The molecule has 0 amide bonds. The monoisotopic (exact) mass is 434 g/mol. The largest absolute Gasteiger partial charge is 0.349 e. The van der Waals surface area contributed by atoms with Crippen molar-refractivity contribution >= 4 is 66.6 Å². The Hall–Kier alpha value is -3.34. The first-order valence-corrected chi connectivity index (χ1v) is 11.8. The summed E-state index contributed by atoms with van der Waals surface area (Å²) in [5, 5.41) is 11.0. The summed E-state index contributed by atoms with van der Waals surface area (Å²) < 4.78 is 1.22. The zero-order valence-electron chi connectivity index (χ0n) is 16.6. The van der Waals surface area contributed by atoms with Crippen LogP contribution in [0.5, 0.6) is 0 Å². The van der Waals surface area contributed by atoms with Crippen LogP contribution in [0.25, 0.3) is 37.8 Å². The van der Waals surface area contributed by atoms with Crippen molar-refractivity contribution in [2.75, 3.05) is 5.32 Å². The van der Waals surface area contributed by atoms with Crippen LogP contribution in [0, 0.1) is 0 Å². The van der Waals surface area contributed by atoms with Gasteiger partial charge in [0.2, 0.25) is 0 Å². The molecule has 0 fully saturated rings. The second kappa shape index (κ2) is 7.73. The molecule has 4 aromatic carbocycles. The number of benzene rings is 4. The lowest BCUT2D eigenvalue weighted by atomic mass is 10.0. The molecular weight excluding hydrogens is 416 g/mol. The molecule has 0 unspecified atom stereocenters. The van der Waals surface area contributed by atoms with Crippen molar-refractivity contribution in [2.24, 2.45) is 0 Å². The molecule has 0 saturated carbocycles. The Morgan fingerprint density at radius 1 is 0.710 bits per heavy atom. The van der Waals surface area contributed by atoms with Gasteiger partial charge in [0.15, 0.2) is 0 Å². The van der Waals surface area contributed by atoms with E-state index >= 15 is 0 Å². The third-order valence-electron chi connectivity index (χ3n) is 5.36. The van der Waals surface area contributed by atoms with E-state index in [9.17, 15) is 0 Å². The minimum atomic E-state index is 1.03. The Morgan fingerprint density at radius 2 is 1.42 bits per heavy atom. The molecule has 0 bridgehead atoms. The number of fused-ring (bicyclic) bond motifs is 7. The second-order valence-electron chi connectivity index (χ2n) is 7.32. The molecule has 1 aliphatic heterocycles. The minimum Gasteiger partial charge on any atom is -0.349 e. The summed E-state index contributed by atoms with van der Waals surface area (Å²) in [7, 11) is 0. The highest BCUT2D eigenvalue weighted by atomic mass is 32.2. The van der Waals surface area contributed by atoms with Gasteiger partial charge in [-0.3, -0.25) is 0 Å². The standard InChI is InChI=1S/C27H18N2S2/c1(2-16-24-28-22-14-8-9-15-23(22)30-24)3-17-25-29-26-20-12-6-4-10-18(20)19-11-5-7-13-21(19)27(26)31-25/h1-17,29H. The normalized spacial score (nSPS) is 15.0. The van der Waals surface area contributed by atoms with Crippen molar-refractivity contribution in [1.82, 2.24) is 4.98 Å². The van der Waals surface area contributed by atoms with Gasteiger partial charge >= 0.3 is 0 Å². The van der Waals surface area contributed by atoms with Crippen LogP contribution in [-0.4, -0.2) is 4.98 Å². The molecule has 2 nitrogen and oxygen atoms in total. The number of aromatic nitrogens is 1.